The number of anilines is 1. The monoisotopic (exact) mass is 354 g/mol. The van der Waals surface area contributed by atoms with Crippen molar-refractivity contribution in [2.45, 2.75) is 13.2 Å². The molecule has 0 saturated heterocycles. The van der Waals surface area contributed by atoms with Crippen molar-refractivity contribution >= 4 is 27.6 Å². The zero-order valence-corrected chi connectivity index (χ0v) is 12.5. The SMILES string of the molecule is Nc1ccc(=O)n(CC(=O)OCc2cc(F)ccc2Br)c1. The Kier molecular flexibility index (Phi) is 4.74. The van der Waals surface area contributed by atoms with E-state index in [1.165, 1.54) is 36.5 Å². The first-order valence-corrected chi connectivity index (χ1v) is 6.80. The maximum atomic E-state index is 13.1. The number of esters is 1. The summed E-state index contributed by atoms with van der Waals surface area (Å²) in [6, 6.07) is 6.81. The minimum Gasteiger partial charge on any atom is -0.459 e. The van der Waals surface area contributed by atoms with Gasteiger partial charge in [-0.1, -0.05) is 15.9 Å². The van der Waals surface area contributed by atoms with Crippen LogP contribution >= 0.6 is 15.9 Å². The van der Waals surface area contributed by atoms with E-state index in [1.807, 2.05) is 0 Å². The predicted octanol–water partition coefficient (Wildman–Crippen LogP) is 2.08. The number of benzene rings is 1. The minimum absolute atomic E-state index is 0.0890. The number of rotatable bonds is 4. The normalized spacial score (nSPS) is 10.4. The van der Waals surface area contributed by atoms with Crippen LogP contribution in [0.1, 0.15) is 5.56 Å². The van der Waals surface area contributed by atoms with Gasteiger partial charge in [-0.2, -0.15) is 0 Å². The van der Waals surface area contributed by atoms with E-state index < -0.39 is 11.8 Å². The highest BCUT2D eigenvalue weighted by Crippen LogP contribution is 2.18. The van der Waals surface area contributed by atoms with Gasteiger partial charge in [-0.3, -0.25) is 9.59 Å². The number of halogens is 2. The molecule has 0 atom stereocenters. The largest absolute Gasteiger partial charge is 0.459 e. The fraction of sp³-hybridized carbons (Fsp3) is 0.143. The van der Waals surface area contributed by atoms with E-state index in [0.717, 1.165) is 4.57 Å². The molecule has 1 aromatic carbocycles. The van der Waals surface area contributed by atoms with E-state index in [2.05, 4.69) is 15.9 Å². The van der Waals surface area contributed by atoms with Gasteiger partial charge in [-0.05, 0) is 24.3 Å². The first-order valence-electron chi connectivity index (χ1n) is 6.01. The fourth-order valence-electron chi connectivity index (χ4n) is 1.67. The second kappa shape index (κ2) is 6.53. The molecule has 0 aliphatic rings. The van der Waals surface area contributed by atoms with E-state index >= 15 is 0 Å². The Labute approximate surface area is 128 Å². The van der Waals surface area contributed by atoms with E-state index in [-0.39, 0.29) is 18.7 Å². The Morgan fingerprint density at radius 2 is 2.10 bits per heavy atom. The third kappa shape index (κ3) is 4.16. The number of ether oxygens (including phenoxy) is 1. The Bertz CT molecular complexity index is 730. The molecule has 0 bridgehead atoms. The highest BCUT2D eigenvalue weighted by atomic mass is 79.9. The van der Waals surface area contributed by atoms with Crippen molar-refractivity contribution in [2.75, 3.05) is 5.73 Å². The molecule has 0 spiro atoms. The summed E-state index contributed by atoms with van der Waals surface area (Å²) < 4.78 is 19.9. The van der Waals surface area contributed by atoms with Gasteiger partial charge in [0.05, 0.1) is 0 Å². The molecule has 5 nitrogen and oxygen atoms in total. The standard InChI is InChI=1S/C14H12BrFN2O3/c15-12-3-1-10(16)5-9(12)8-21-14(20)7-18-6-11(17)2-4-13(18)19/h1-6H,7-8,17H2. The van der Waals surface area contributed by atoms with Gasteiger partial charge in [0.2, 0.25) is 0 Å². The number of carbonyl (C=O) groups excluding carboxylic acids is 1. The second-order valence-electron chi connectivity index (χ2n) is 4.32. The predicted molar refractivity (Wildman–Crippen MR) is 79.0 cm³/mol. The number of nitrogens with zero attached hydrogens (tertiary/aromatic N) is 1. The lowest BCUT2D eigenvalue weighted by atomic mass is 10.2. The zero-order chi connectivity index (χ0) is 15.4. The highest BCUT2D eigenvalue weighted by Gasteiger charge is 2.09. The lowest BCUT2D eigenvalue weighted by Gasteiger charge is -2.08. The number of hydrogen-bond donors (Lipinski definition) is 1. The van der Waals surface area contributed by atoms with Gasteiger partial charge in [-0.15, -0.1) is 0 Å². The van der Waals surface area contributed by atoms with E-state index in [0.29, 0.717) is 15.7 Å². The van der Waals surface area contributed by atoms with E-state index in [4.69, 9.17) is 10.5 Å². The average molecular weight is 355 g/mol. The smallest absolute Gasteiger partial charge is 0.326 e. The lowest BCUT2D eigenvalue weighted by molar-refractivity contribution is -0.145. The first-order chi connectivity index (χ1) is 9.95. The van der Waals surface area contributed by atoms with Gasteiger partial charge in [0.15, 0.2) is 0 Å². The quantitative estimate of drug-likeness (QED) is 0.853. The van der Waals surface area contributed by atoms with Crippen LogP contribution in [0.3, 0.4) is 0 Å². The van der Waals surface area contributed by atoms with E-state index in [1.54, 1.807) is 0 Å². The van der Waals surface area contributed by atoms with Gasteiger partial charge in [0.1, 0.15) is 19.0 Å². The number of nitrogen functional groups attached to an aromatic ring is 1. The molecule has 2 rings (SSSR count). The Morgan fingerprint density at radius 1 is 1.33 bits per heavy atom. The van der Waals surface area contributed by atoms with Crippen molar-refractivity contribution in [3.8, 4) is 0 Å². The van der Waals surface area contributed by atoms with Crippen molar-refractivity contribution in [1.29, 1.82) is 0 Å². The third-order valence-corrected chi connectivity index (χ3v) is 3.48. The lowest BCUT2D eigenvalue weighted by Crippen LogP contribution is -2.24. The Hall–Kier alpha value is -2.15. The molecule has 21 heavy (non-hydrogen) atoms. The molecule has 0 fully saturated rings. The molecule has 7 heteroatoms. The number of aromatic nitrogens is 1. The number of pyridine rings is 1. The summed E-state index contributed by atoms with van der Waals surface area (Å²) in [5, 5.41) is 0. The van der Waals surface area contributed by atoms with E-state index in [9.17, 15) is 14.0 Å². The van der Waals surface area contributed by atoms with Crippen LogP contribution in [-0.2, 0) is 22.7 Å². The average Bonchev–Trinajstić information content (AvgIpc) is 2.44. The van der Waals surface area contributed by atoms with Crippen molar-refractivity contribution in [1.82, 2.24) is 4.57 Å². The molecule has 0 aliphatic heterocycles. The molecule has 110 valence electrons. The molecule has 0 saturated carbocycles. The maximum absolute atomic E-state index is 13.1. The molecule has 0 radical (unpaired) electrons. The van der Waals surface area contributed by atoms with Crippen LogP contribution < -0.4 is 11.3 Å². The molecule has 1 heterocycles. The highest BCUT2D eigenvalue weighted by molar-refractivity contribution is 9.10. The Balaban J connectivity index is 2.01. The van der Waals surface area contributed by atoms with Crippen molar-refractivity contribution in [2.24, 2.45) is 0 Å². The van der Waals surface area contributed by atoms with Gasteiger partial charge < -0.3 is 15.0 Å². The van der Waals surface area contributed by atoms with Crippen LogP contribution in [0.4, 0.5) is 10.1 Å². The summed E-state index contributed by atoms with van der Waals surface area (Å²) in [5.41, 5.74) is 6.07. The van der Waals surface area contributed by atoms with Gasteiger partial charge in [-0.25, -0.2) is 4.39 Å². The van der Waals surface area contributed by atoms with Crippen LogP contribution in [0.2, 0.25) is 0 Å². The molecule has 0 unspecified atom stereocenters. The molecular formula is C14H12BrFN2O3. The Morgan fingerprint density at radius 3 is 2.86 bits per heavy atom. The summed E-state index contributed by atoms with van der Waals surface area (Å²) in [6.45, 7) is -0.342. The fourth-order valence-corrected chi connectivity index (χ4v) is 2.03. The molecular weight excluding hydrogens is 343 g/mol. The first kappa shape index (κ1) is 15.2. The summed E-state index contributed by atoms with van der Waals surface area (Å²) in [4.78, 5) is 23.2. The molecule has 0 aliphatic carbocycles. The summed E-state index contributed by atoms with van der Waals surface area (Å²) >= 11 is 3.24. The number of hydrogen-bond acceptors (Lipinski definition) is 4. The molecule has 2 aromatic rings. The topological polar surface area (TPSA) is 74.3 Å². The molecule has 0 amide bonds. The van der Waals surface area contributed by atoms with Crippen molar-refractivity contribution < 1.29 is 13.9 Å². The number of nitrogens with two attached hydrogens (primary N) is 1. The maximum Gasteiger partial charge on any atom is 0.326 e. The minimum atomic E-state index is -0.612. The summed E-state index contributed by atoms with van der Waals surface area (Å²) in [6.07, 6.45) is 1.36. The number of carbonyl (C=O) groups is 1. The summed E-state index contributed by atoms with van der Waals surface area (Å²) in [5.74, 6) is -1.03. The third-order valence-electron chi connectivity index (χ3n) is 2.70. The van der Waals surface area contributed by atoms with Gasteiger partial charge >= 0.3 is 5.97 Å². The molecule has 2 N–H and O–H groups in total. The van der Waals surface area contributed by atoms with Gasteiger partial charge in [0.25, 0.3) is 5.56 Å². The zero-order valence-electron chi connectivity index (χ0n) is 10.9. The van der Waals surface area contributed by atoms with Crippen LogP contribution in [0.15, 0.2) is 45.8 Å². The van der Waals surface area contributed by atoms with Crippen LogP contribution in [0.5, 0.6) is 0 Å². The van der Waals surface area contributed by atoms with Gasteiger partial charge in [0, 0.05) is 28.0 Å². The van der Waals surface area contributed by atoms with Crippen LogP contribution in [-0.4, -0.2) is 10.5 Å². The van der Waals surface area contributed by atoms with Crippen molar-refractivity contribution in [3.05, 3.63) is 62.7 Å². The summed E-state index contributed by atoms with van der Waals surface area (Å²) in [7, 11) is 0. The van der Waals surface area contributed by atoms with Crippen molar-refractivity contribution in [3.63, 3.8) is 0 Å². The van der Waals surface area contributed by atoms with Crippen LogP contribution in [0, 0.1) is 5.82 Å². The van der Waals surface area contributed by atoms with Crippen LogP contribution in [0.25, 0.3) is 0 Å². The molecule has 1 aromatic heterocycles. The second-order valence-corrected chi connectivity index (χ2v) is 5.18.